The molecule has 8 heteroatoms. The largest absolute Gasteiger partial charge is 0.433 e. The molecule has 0 aliphatic rings. The molecule has 134 valence electrons. The van der Waals surface area contributed by atoms with E-state index in [0.29, 0.717) is 34.5 Å². The van der Waals surface area contributed by atoms with E-state index in [4.69, 9.17) is 4.84 Å². The summed E-state index contributed by atoms with van der Waals surface area (Å²) in [7, 11) is 1.81. The molecule has 0 bridgehead atoms. The van der Waals surface area contributed by atoms with E-state index in [2.05, 4.69) is 25.5 Å². The molecule has 1 N–H and O–H groups in total. The lowest BCUT2D eigenvalue weighted by Gasteiger charge is -2.02. The Morgan fingerprint density at radius 3 is 2.54 bits per heavy atom. The summed E-state index contributed by atoms with van der Waals surface area (Å²) in [4.78, 5) is 26.0. The number of nitrogens with zero attached hydrogens (tertiary/aromatic N) is 5. The van der Waals surface area contributed by atoms with Crippen molar-refractivity contribution in [3.63, 3.8) is 0 Å². The minimum atomic E-state index is -0.637. The Labute approximate surface area is 150 Å². The molecule has 0 saturated heterocycles. The van der Waals surface area contributed by atoms with Gasteiger partial charge in [-0.25, -0.2) is 19.4 Å². The van der Waals surface area contributed by atoms with Crippen molar-refractivity contribution in [1.29, 1.82) is 0 Å². The van der Waals surface area contributed by atoms with Crippen molar-refractivity contribution in [1.82, 2.24) is 25.1 Å². The van der Waals surface area contributed by atoms with Crippen LogP contribution >= 0.6 is 0 Å². The lowest BCUT2D eigenvalue weighted by Crippen LogP contribution is -2.23. The fraction of sp³-hybridized carbons (Fsp3) is 0.278. The molecule has 0 saturated carbocycles. The van der Waals surface area contributed by atoms with Crippen molar-refractivity contribution in [2.75, 3.05) is 0 Å². The third-order valence-electron chi connectivity index (χ3n) is 3.90. The highest BCUT2D eigenvalue weighted by Gasteiger charge is 2.10. The quantitative estimate of drug-likeness (QED) is 0.575. The van der Waals surface area contributed by atoms with Crippen molar-refractivity contribution in [3.8, 4) is 0 Å². The Morgan fingerprint density at radius 2 is 1.81 bits per heavy atom. The van der Waals surface area contributed by atoms with Gasteiger partial charge in [-0.1, -0.05) is 35.5 Å². The van der Waals surface area contributed by atoms with Crippen LogP contribution in [-0.4, -0.2) is 25.8 Å². The van der Waals surface area contributed by atoms with E-state index in [1.165, 1.54) is 0 Å². The van der Waals surface area contributed by atoms with Crippen LogP contribution in [0.1, 0.15) is 22.6 Å². The van der Waals surface area contributed by atoms with Crippen molar-refractivity contribution in [2.24, 2.45) is 12.2 Å². The number of aryl methyl sites for hydroxylation is 4. The summed E-state index contributed by atoms with van der Waals surface area (Å²) in [5.41, 5.74) is 4.31. The van der Waals surface area contributed by atoms with Gasteiger partial charge < -0.3 is 5.32 Å². The van der Waals surface area contributed by atoms with Crippen LogP contribution in [0.5, 0.6) is 0 Å². The number of hydrogen-bond donors (Lipinski definition) is 1. The molecule has 26 heavy (non-hydrogen) atoms. The van der Waals surface area contributed by atoms with Gasteiger partial charge in [-0.2, -0.15) is 5.10 Å². The summed E-state index contributed by atoms with van der Waals surface area (Å²) in [6, 6.07) is 9.56. The molecule has 8 nitrogen and oxygen atoms in total. The van der Waals surface area contributed by atoms with Gasteiger partial charge >= 0.3 is 6.09 Å². The average molecular weight is 352 g/mol. The topological polar surface area (TPSA) is 94.3 Å². The first kappa shape index (κ1) is 17.5. The second-order valence-corrected chi connectivity index (χ2v) is 5.93. The highest BCUT2D eigenvalue weighted by atomic mass is 16.7. The molecule has 3 aromatic rings. The van der Waals surface area contributed by atoms with E-state index in [0.717, 1.165) is 11.3 Å². The Balaban J connectivity index is 1.84. The van der Waals surface area contributed by atoms with Gasteiger partial charge in [0.25, 0.3) is 0 Å². The number of hydrogen-bond acceptors (Lipinski definition) is 6. The van der Waals surface area contributed by atoms with Gasteiger partial charge in [-0.3, -0.25) is 4.84 Å². The molecule has 0 fully saturated rings. The van der Waals surface area contributed by atoms with E-state index in [-0.39, 0.29) is 0 Å². The van der Waals surface area contributed by atoms with Gasteiger partial charge in [-0.15, -0.1) is 0 Å². The predicted molar refractivity (Wildman–Crippen MR) is 95.8 cm³/mol. The van der Waals surface area contributed by atoms with E-state index in [9.17, 15) is 4.79 Å². The standard InChI is InChI=1S/C18H20N6O2/c1-11-15(12(2)21-17-16(20-11)13(3)22-24(17)4)23-26-18(25)19-10-14-8-6-5-7-9-14/h5-9H,10H2,1-4H3,(H,19,25)/b23-15-. The van der Waals surface area contributed by atoms with Crippen LogP contribution in [0, 0.1) is 20.8 Å². The second-order valence-electron chi connectivity index (χ2n) is 5.93. The lowest BCUT2D eigenvalue weighted by molar-refractivity contribution is 0.145. The number of aromatic nitrogens is 4. The molecule has 0 aliphatic carbocycles. The number of benzene rings is 1. The maximum absolute atomic E-state index is 11.9. The number of nitrogens with one attached hydrogen (secondary N) is 1. The Kier molecular flexibility index (Phi) is 4.92. The first-order valence-electron chi connectivity index (χ1n) is 8.17. The van der Waals surface area contributed by atoms with E-state index < -0.39 is 6.09 Å². The fourth-order valence-corrected chi connectivity index (χ4v) is 2.61. The number of fused-ring (bicyclic) bond motifs is 1. The lowest BCUT2D eigenvalue weighted by atomic mass is 10.2. The van der Waals surface area contributed by atoms with Crippen LogP contribution in [0.4, 0.5) is 4.79 Å². The maximum atomic E-state index is 11.9. The smallest absolute Gasteiger partial charge is 0.316 e. The van der Waals surface area contributed by atoms with E-state index >= 15 is 0 Å². The van der Waals surface area contributed by atoms with Gasteiger partial charge in [0.05, 0.1) is 17.1 Å². The number of rotatable bonds is 3. The van der Waals surface area contributed by atoms with Gasteiger partial charge in [0.1, 0.15) is 10.9 Å². The summed E-state index contributed by atoms with van der Waals surface area (Å²) >= 11 is 0. The first-order chi connectivity index (χ1) is 12.5. The summed E-state index contributed by atoms with van der Waals surface area (Å²) in [6.45, 7) is 5.82. The Bertz CT molecular complexity index is 979. The minimum Gasteiger partial charge on any atom is -0.316 e. The number of carbonyl (C=O) groups excluding carboxylic acids is 1. The van der Waals surface area contributed by atoms with Gasteiger partial charge in [0, 0.05) is 13.6 Å². The molecule has 0 aliphatic heterocycles. The third kappa shape index (κ3) is 3.69. The van der Waals surface area contributed by atoms with Gasteiger partial charge in [0.15, 0.2) is 5.65 Å². The van der Waals surface area contributed by atoms with Gasteiger partial charge in [0.2, 0.25) is 0 Å². The van der Waals surface area contributed by atoms with Crippen LogP contribution in [0.3, 0.4) is 0 Å². The number of amides is 1. The zero-order valence-corrected chi connectivity index (χ0v) is 15.1. The normalized spacial score (nSPS) is 11.6. The highest BCUT2D eigenvalue weighted by molar-refractivity contribution is 5.72. The van der Waals surface area contributed by atoms with E-state index in [1.807, 2.05) is 44.3 Å². The molecule has 0 unspecified atom stereocenters. The molecule has 2 aromatic heterocycles. The van der Waals surface area contributed by atoms with Crippen molar-refractivity contribution in [2.45, 2.75) is 27.3 Å². The molecule has 3 rings (SSSR count). The molecule has 1 amide bonds. The van der Waals surface area contributed by atoms with Crippen LogP contribution in [0.25, 0.3) is 11.2 Å². The summed E-state index contributed by atoms with van der Waals surface area (Å²) < 4.78 is 1.67. The van der Waals surface area contributed by atoms with E-state index in [1.54, 1.807) is 18.5 Å². The number of carbonyl (C=O) groups is 1. The Morgan fingerprint density at radius 1 is 1.12 bits per heavy atom. The summed E-state index contributed by atoms with van der Waals surface area (Å²) in [5.74, 6) is 0. The molecule has 0 atom stereocenters. The molecule has 0 spiro atoms. The van der Waals surface area contributed by atoms with Crippen LogP contribution < -0.4 is 10.7 Å². The minimum absolute atomic E-state index is 0.362. The molecule has 1 aromatic carbocycles. The Hall–Kier alpha value is -3.29. The monoisotopic (exact) mass is 352 g/mol. The van der Waals surface area contributed by atoms with Crippen molar-refractivity contribution < 1.29 is 9.63 Å². The SMILES string of the molecule is Cc1nc2c(C)nn(C)c2nc(C)/c1=N\OC(=O)NCc1ccccc1. The average Bonchev–Trinajstić information content (AvgIpc) is 2.80. The van der Waals surface area contributed by atoms with Crippen LogP contribution in [-0.2, 0) is 18.4 Å². The summed E-state index contributed by atoms with van der Waals surface area (Å²) in [6.07, 6.45) is -0.637. The third-order valence-corrected chi connectivity index (χ3v) is 3.90. The highest BCUT2D eigenvalue weighted by Crippen LogP contribution is 2.11. The summed E-state index contributed by atoms with van der Waals surface area (Å²) in [5, 5.41) is 11.4. The van der Waals surface area contributed by atoms with Crippen molar-refractivity contribution in [3.05, 3.63) is 58.3 Å². The van der Waals surface area contributed by atoms with Crippen molar-refractivity contribution >= 4 is 17.3 Å². The predicted octanol–water partition coefficient (Wildman–Crippen LogP) is 2.03. The molecule has 2 heterocycles. The molecule has 0 radical (unpaired) electrons. The zero-order valence-electron chi connectivity index (χ0n) is 15.1. The maximum Gasteiger partial charge on any atom is 0.433 e. The first-order valence-corrected chi connectivity index (χ1v) is 8.17. The fourth-order valence-electron chi connectivity index (χ4n) is 2.61. The van der Waals surface area contributed by atoms with Gasteiger partial charge in [-0.05, 0) is 26.3 Å². The van der Waals surface area contributed by atoms with Crippen LogP contribution in [0.15, 0.2) is 35.5 Å². The van der Waals surface area contributed by atoms with Crippen LogP contribution in [0.2, 0.25) is 0 Å². The molecular formula is C18H20N6O2. The second kappa shape index (κ2) is 7.30. The zero-order chi connectivity index (χ0) is 18.7. The molecular weight excluding hydrogens is 332 g/mol.